The van der Waals surface area contributed by atoms with E-state index in [-0.39, 0.29) is 6.54 Å². The Labute approximate surface area is 103 Å². The van der Waals surface area contributed by atoms with Gasteiger partial charge in [-0.25, -0.2) is 9.59 Å². The smallest absolute Gasteiger partial charge is 0.334 e. The van der Waals surface area contributed by atoms with E-state index in [1.54, 1.807) is 24.3 Å². The number of nitrogens with one attached hydrogen (secondary N) is 2. The van der Waals surface area contributed by atoms with Crippen LogP contribution < -0.4 is 15.4 Å². The van der Waals surface area contributed by atoms with Crippen molar-refractivity contribution >= 4 is 17.7 Å². The quantitative estimate of drug-likeness (QED) is 0.603. The fourth-order valence-electron chi connectivity index (χ4n) is 1.15. The van der Waals surface area contributed by atoms with Gasteiger partial charge in [0.15, 0.2) is 6.10 Å². The van der Waals surface area contributed by atoms with Crippen molar-refractivity contribution in [2.75, 3.05) is 19.0 Å². The van der Waals surface area contributed by atoms with Crippen molar-refractivity contribution in [3.05, 3.63) is 24.3 Å². The molecule has 18 heavy (non-hydrogen) atoms. The topological polar surface area (TPSA) is 108 Å². The molecule has 0 heterocycles. The van der Waals surface area contributed by atoms with E-state index in [9.17, 15) is 9.59 Å². The predicted octanol–water partition coefficient (Wildman–Crippen LogP) is 0.262. The monoisotopic (exact) mass is 254 g/mol. The number of urea groups is 1. The van der Waals surface area contributed by atoms with Crippen LogP contribution in [-0.2, 0) is 4.79 Å². The van der Waals surface area contributed by atoms with Gasteiger partial charge < -0.3 is 25.6 Å². The van der Waals surface area contributed by atoms with Crippen molar-refractivity contribution in [1.82, 2.24) is 5.32 Å². The van der Waals surface area contributed by atoms with Crippen molar-refractivity contribution in [2.24, 2.45) is 0 Å². The largest absolute Gasteiger partial charge is 0.497 e. The first-order chi connectivity index (χ1) is 8.52. The number of carbonyl (C=O) groups excluding carboxylic acids is 1. The first-order valence-corrected chi connectivity index (χ1v) is 5.12. The van der Waals surface area contributed by atoms with Gasteiger partial charge in [0.2, 0.25) is 0 Å². The molecule has 0 aliphatic carbocycles. The molecular weight excluding hydrogens is 240 g/mol. The number of benzene rings is 1. The molecule has 0 spiro atoms. The first kappa shape index (κ1) is 13.8. The number of anilines is 1. The van der Waals surface area contributed by atoms with Gasteiger partial charge in [0.1, 0.15) is 5.75 Å². The normalized spacial score (nSPS) is 11.4. The van der Waals surface area contributed by atoms with Crippen LogP contribution >= 0.6 is 0 Å². The Balaban J connectivity index is 2.46. The summed E-state index contributed by atoms with van der Waals surface area (Å²) < 4.78 is 4.98. The number of methoxy groups -OCH3 is 1. The third-order valence-electron chi connectivity index (χ3n) is 2.07. The first-order valence-electron chi connectivity index (χ1n) is 5.12. The number of carbonyl (C=O) groups is 2. The van der Waals surface area contributed by atoms with Crippen LogP contribution in [0.25, 0.3) is 0 Å². The number of hydrogen-bond acceptors (Lipinski definition) is 4. The number of rotatable bonds is 5. The van der Waals surface area contributed by atoms with Gasteiger partial charge in [0, 0.05) is 11.8 Å². The molecule has 0 saturated heterocycles. The lowest BCUT2D eigenvalue weighted by Crippen LogP contribution is -2.38. The van der Waals surface area contributed by atoms with Gasteiger partial charge in [-0.15, -0.1) is 0 Å². The van der Waals surface area contributed by atoms with E-state index in [1.165, 1.54) is 7.11 Å². The lowest BCUT2D eigenvalue weighted by molar-refractivity contribution is -0.146. The molecule has 7 nitrogen and oxygen atoms in total. The van der Waals surface area contributed by atoms with Gasteiger partial charge in [-0.05, 0) is 12.1 Å². The number of ether oxygens (including phenoxy) is 1. The summed E-state index contributed by atoms with van der Waals surface area (Å²) in [6, 6.07) is 6.06. The summed E-state index contributed by atoms with van der Waals surface area (Å²) >= 11 is 0. The number of amides is 2. The van der Waals surface area contributed by atoms with Gasteiger partial charge in [-0.3, -0.25) is 0 Å². The van der Waals surface area contributed by atoms with E-state index in [1.807, 2.05) is 0 Å². The Morgan fingerprint density at radius 3 is 2.78 bits per heavy atom. The van der Waals surface area contributed by atoms with Gasteiger partial charge in [0.25, 0.3) is 0 Å². The molecule has 0 fully saturated rings. The highest BCUT2D eigenvalue weighted by molar-refractivity contribution is 5.89. The van der Waals surface area contributed by atoms with Crippen molar-refractivity contribution in [2.45, 2.75) is 6.10 Å². The Bertz CT molecular complexity index is 435. The van der Waals surface area contributed by atoms with Crippen molar-refractivity contribution in [3.63, 3.8) is 0 Å². The number of aliphatic carboxylic acids is 1. The number of carboxylic acid groups (broad SMARTS) is 1. The van der Waals surface area contributed by atoms with Crippen LogP contribution in [0.2, 0.25) is 0 Å². The van der Waals surface area contributed by atoms with E-state index in [2.05, 4.69) is 10.6 Å². The average molecular weight is 254 g/mol. The van der Waals surface area contributed by atoms with Crippen molar-refractivity contribution < 1.29 is 24.5 Å². The van der Waals surface area contributed by atoms with E-state index in [4.69, 9.17) is 14.9 Å². The number of aliphatic hydroxyl groups is 1. The average Bonchev–Trinajstić information content (AvgIpc) is 2.36. The van der Waals surface area contributed by atoms with Crippen LogP contribution in [0.5, 0.6) is 5.75 Å². The summed E-state index contributed by atoms with van der Waals surface area (Å²) in [5.74, 6) is -0.810. The highest BCUT2D eigenvalue weighted by atomic mass is 16.5. The third-order valence-corrected chi connectivity index (χ3v) is 2.07. The van der Waals surface area contributed by atoms with Crippen LogP contribution in [0.1, 0.15) is 0 Å². The fraction of sp³-hybridized carbons (Fsp3) is 0.273. The Kier molecular flexibility index (Phi) is 4.94. The van der Waals surface area contributed by atoms with Crippen LogP contribution in [0.3, 0.4) is 0 Å². The second kappa shape index (κ2) is 6.45. The maximum atomic E-state index is 11.4. The van der Waals surface area contributed by atoms with Gasteiger partial charge >= 0.3 is 12.0 Å². The summed E-state index contributed by atoms with van der Waals surface area (Å²) in [4.78, 5) is 21.7. The van der Waals surface area contributed by atoms with Gasteiger partial charge in [0.05, 0.1) is 13.7 Å². The Morgan fingerprint density at radius 1 is 1.44 bits per heavy atom. The summed E-state index contributed by atoms with van der Waals surface area (Å²) in [5.41, 5.74) is 0.497. The minimum atomic E-state index is -1.62. The molecule has 98 valence electrons. The minimum Gasteiger partial charge on any atom is -0.497 e. The maximum Gasteiger partial charge on any atom is 0.334 e. The fourth-order valence-corrected chi connectivity index (χ4v) is 1.15. The molecule has 2 amide bonds. The molecule has 0 bridgehead atoms. The third kappa shape index (κ3) is 4.30. The molecule has 0 radical (unpaired) electrons. The molecule has 1 aromatic rings. The molecule has 0 aliphatic rings. The van der Waals surface area contributed by atoms with E-state index in [0.29, 0.717) is 11.4 Å². The SMILES string of the molecule is COc1cccc(NC(=O)NCC(O)C(=O)O)c1. The lowest BCUT2D eigenvalue weighted by atomic mass is 10.3. The Morgan fingerprint density at radius 2 is 2.17 bits per heavy atom. The van der Waals surface area contributed by atoms with Crippen LogP contribution in [-0.4, -0.2) is 42.0 Å². The number of hydrogen-bond donors (Lipinski definition) is 4. The molecule has 0 saturated carbocycles. The second-order valence-electron chi connectivity index (χ2n) is 3.42. The zero-order valence-corrected chi connectivity index (χ0v) is 9.71. The molecule has 1 atom stereocenters. The molecule has 0 aliphatic heterocycles. The Hall–Kier alpha value is -2.28. The van der Waals surface area contributed by atoms with Gasteiger partial charge in [-0.2, -0.15) is 0 Å². The van der Waals surface area contributed by atoms with E-state index < -0.39 is 18.1 Å². The highest BCUT2D eigenvalue weighted by Gasteiger charge is 2.13. The molecular formula is C11H14N2O5. The zero-order chi connectivity index (χ0) is 13.5. The zero-order valence-electron chi connectivity index (χ0n) is 9.71. The van der Waals surface area contributed by atoms with E-state index >= 15 is 0 Å². The number of aliphatic hydroxyl groups excluding tert-OH is 1. The number of carboxylic acids is 1. The molecule has 1 rings (SSSR count). The lowest BCUT2D eigenvalue weighted by Gasteiger charge is -2.10. The molecule has 1 aromatic carbocycles. The van der Waals surface area contributed by atoms with Crippen molar-refractivity contribution in [1.29, 1.82) is 0 Å². The summed E-state index contributed by atoms with van der Waals surface area (Å²) in [5, 5.41) is 22.1. The maximum absolute atomic E-state index is 11.4. The molecule has 7 heteroatoms. The van der Waals surface area contributed by atoms with Crippen molar-refractivity contribution in [3.8, 4) is 5.75 Å². The summed E-state index contributed by atoms with van der Waals surface area (Å²) in [7, 11) is 1.50. The summed E-state index contributed by atoms with van der Waals surface area (Å²) in [6.45, 7) is -0.370. The van der Waals surface area contributed by atoms with Gasteiger partial charge in [-0.1, -0.05) is 6.07 Å². The predicted molar refractivity (Wildman–Crippen MR) is 63.7 cm³/mol. The van der Waals surface area contributed by atoms with Crippen LogP contribution in [0, 0.1) is 0 Å². The second-order valence-corrected chi connectivity index (χ2v) is 3.42. The standard InChI is InChI=1S/C11H14N2O5/c1-18-8-4-2-3-7(5-8)13-11(17)12-6-9(14)10(15)16/h2-5,9,14H,6H2,1H3,(H,15,16)(H2,12,13,17). The van der Waals surface area contributed by atoms with Crippen LogP contribution in [0.4, 0.5) is 10.5 Å². The highest BCUT2D eigenvalue weighted by Crippen LogP contribution is 2.16. The molecule has 4 N–H and O–H groups in total. The van der Waals surface area contributed by atoms with E-state index in [0.717, 1.165) is 0 Å². The summed E-state index contributed by atoms with van der Waals surface area (Å²) in [6.07, 6.45) is -1.62. The molecule has 1 unspecified atom stereocenters. The molecule has 0 aromatic heterocycles. The minimum absolute atomic E-state index is 0.370. The van der Waals surface area contributed by atoms with Crippen LogP contribution in [0.15, 0.2) is 24.3 Å².